The van der Waals surface area contributed by atoms with Crippen LogP contribution in [0.5, 0.6) is 0 Å². The Labute approximate surface area is 145 Å². The van der Waals surface area contributed by atoms with Gasteiger partial charge in [0.05, 0.1) is 23.9 Å². The van der Waals surface area contributed by atoms with Crippen molar-refractivity contribution >= 4 is 17.2 Å². The molecule has 0 spiro atoms. The third-order valence-electron chi connectivity index (χ3n) is 4.09. The number of amides is 1. The summed E-state index contributed by atoms with van der Waals surface area (Å²) in [6.07, 6.45) is 3.88. The molecule has 0 atom stereocenters. The summed E-state index contributed by atoms with van der Waals surface area (Å²) in [6.45, 7) is 3.62. The van der Waals surface area contributed by atoms with E-state index in [1.807, 2.05) is 6.07 Å². The number of piperidine rings is 1. The molecular formula is C18H20N4OS. The molecule has 1 aromatic heterocycles. The molecule has 5 nitrogen and oxygen atoms in total. The standard InChI is InChI=1S/C18H20N4OS/c19-10-14-5-4-6-15(9-14)18(23)20-11-17-21-16(13-24-17)12-22-7-2-1-3-8-22/h4-6,9,13H,1-3,7-8,11-12H2,(H,20,23). The Morgan fingerprint density at radius 2 is 2.17 bits per heavy atom. The van der Waals surface area contributed by atoms with Crippen LogP contribution in [0.25, 0.3) is 0 Å². The second kappa shape index (κ2) is 8.04. The van der Waals surface area contributed by atoms with Crippen LogP contribution < -0.4 is 5.32 Å². The molecule has 1 N–H and O–H groups in total. The first-order chi connectivity index (χ1) is 11.7. The van der Waals surface area contributed by atoms with Gasteiger partial charge >= 0.3 is 0 Å². The van der Waals surface area contributed by atoms with Crippen LogP contribution in [0, 0.1) is 11.3 Å². The predicted octanol–water partition coefficient (Wildman–Crippen LogP) is 2.93. The number of benzene rings is 1. The van der Waals surface area contributed by atoms with Gasteiger partial charge in [-0.25, -0.2) is 4.98 Å². The maximum Gasteiger partial charge on any atom is 0.251 e. The molecule has 2 heterocycles. The number of rotatable bonds is 5. The summed E-state index contributed by atoms with van der Waals surface area (Å²) in [5.41, 5.74) is 2.07. The van der Waals surface area contributed by atoms with Crippen LogP contribution in [-0.2, 0) is 13.1 Å². The minimum absolute atomic E-state index is 0.181. The molecule has 0 aliphatic carbocycles. The number of carbonyl (C=O) groups is 1. The van der Waals surface area contributed by atoms with Gasteiger partial charge in [-0.05, 0) is 44.1 Å². The lowest BCUT2D eigenvalue weighted by atomic mass is 10.1. The van der Waals surface area contributed by atoms with Gasteiger partial charge in [-0.15, -0.1) is 11.3 Å². The van der Waals surface area contributed by atoms with E-state index in [1.54, 1.807) is 35.6 Å². The van der Waals surface area contributed by atoms with Crippen molar-refractivity contribution in [3.8, 4) is 6.07 Å². The summed E-state index contributed by atoms with van der Waals surface area (Å²) >= 11 is 1.58. The highest BCUT2D eigenvalue weighted by Gasteiger charge is 2.13. The summed E-state index contributed by atoms with van der Waals surface area (Å²) < 4.78 is 0. The first-order valence-electron chi connectivity index (χ1n) is 8.18. The van der Waals surface area contributed by atoms with Crippen LogP contribution in [0.15, 0.2) is 29.6 Å². The molecule has 1 aromatic carbocycles. The lowest BCUT2D eigenvalue weighted by molar-refractivity contribution is 0.0951. The van der Waals surface area contributed by atoms with Gasteiger partial charge in [0, 0.05) is 17.5 Å². The first-order valence-corrected chi connectivity index (χ1v) is 9.06. The number of hydrogen-bond acceptors (Lipinski definition) is 5. The van der Waals surface area contributed by atoms with Crippen LogP contribution in [0.3, 0.4) is 0 Å². The van der Waals surface area contributed by atoms with Crippen molar-refractivity contribution < 1.29 is 4.79 Å². The molecule has 0 radical (unpaired) electrons. The number of hydrogen-bond donors (Lipinski definition) is 1. The molecule has 1 aliphatic rings. The molecule has 1 fully saturated rings. The van der Waals surface area contributed by atoms with E-state index >= 15 is 0 Å². The molecule has 124 valence electrons. The maximum absolute atomic E-state index is 12.2. The molecule has 3 rings (SSSR count). The average molecular weight is 340 g/mol. The van der Waals surface area contributed by atoms with Crippen LogP contribution in [0.2, 0.25) is 0 Å². The van der Waals surface area contributed by atoms with Crippen LogP contribution in [-0.4, -0.2) is 28.9 Å². The zero-order valence-electron chi connectivity index (χ0n) is 13.5. The average Bonchev–Trinajstić information content (AvgIpc) is 3.08. The van der Waals surface area contributed by atoms with Crippen LogP contribution >= 0.6 is 11.3 Å². The monoisotopic (exact) mass is 340 g/mol. The fourth-order valence-corrected chi connectivity index (χ4v) is 3.56. The highest BCUT2D eigenvalue weighted by molar-refractivity contribution is 7.09. The first kappa shape index (κ1) is 16.6. The predicted molar refractivity (Wildman–Crippen MR) is 93.6 cm³/mol. The number of thiazole rings is 1. The van der Waals surface area contributed by atoms with E-state index in [0.717, 1.165) is 30.3 Å². The van der Waals surface area contributed by atoms with Crippen LogP contribution in [0.1, 0.15) is 45.9 Å². The van der Waals surface area contributed by atoms with E-state index < -0.39 is 0 Å². The minimum Gasteiger partial charge on any atom is -0.346 e. The van der Waals surface area contributed by atoms with Gasteiger partial charge in [0.1, 0.15) is 5.01 Å². The highest BCUT2D eigenvalue weighted by Crippen LogP contribution is 2.15. The van der Waals surface area contributed by atoms with Crippen molar-refractivity contribution in [2.75, 3.05) is 13.1 Å². The largest absolute Gasteiger partial charge is 0.346 e. The number of aromatic nitrogens is 1. The van der Waals surface area contributed by atoms with Gasteiger partial charge < -0.3 is 5.32 Å². The smallest absolute Gasteiger partial charge is 0.251 e. The Kier molecular flexibility index (Phi) is 5.57. The van der Waals surface area contributed by atoms with E-state index in [9.17, 15) is 4.79 Å². The third kappa shape index (κ3) is 4.40. The molecule has 0 bridgehead atoms. The second-order valence-corrected chi connectivity index (χ2v) is 6.89. The Morgan fingerprint density at radius 3 is 2.96 bits per heavy atom. The van der Waals surface area contributed by atoms with Gasteiger partial charge in [0.15, 0.2) is 0 Å². The Hall–Kier alpha value is -2.23. The number of likely N-dealkylation sites (tertiary alicyclic amines) is 1. The molecule has 6 heteroatoms. The molecular weight excluding hydrogens is 320 g/mol. The molecule has 1 amide bonds. The SMILES string of the molecule is N#Cc1cccc(C(=O)NCc2nc(CN3CCCCC3)cs2)c1. The summed E-state index contributed by atoms with van der Waals surface area (Å²) in [6, 6.07) is 8.75. The van der Waals surface area contributed by atoms with Gasteiger partial charge in [-0.3, -0.25) is 9.69 Å². The van der Waals surface area contributed by atoms with Gasteiger partial charge in [-0.2, -0.15) is 5.26 Å². The highest BCUT2D eigenvalue weighted by atomic mass is 32.1. The summed E-state index contributed by atoms with van der Waals surface area (Å²) in [5, 5.41) is 14.7. The quantitative estimate of drug-likeness (QED) is 0.908. The molecule has 24 heavy (non-hydrogen) atoms. The van der Waals surface area contributed by atoms with E-state index in [0.29, 0.717) is 17.7 Å². The van der Waals surface area contributed by atoms with Gasteiger partial charge in [0.2, 0.25) is 0 Å². The molecule has 0 saturated carbocycles. The Morgan fingerprint density at radius 1 is 1.33 bits per heavy atom. The molecule has 1 aliphatic heterocycles. The molecule has 0 unspecified atom stereocenters. The van der Waals surface area contributed by atoms with Crippen molar-refractivity contribution in [2.45, 2.75) is 32.4 Å². The van der Waals surface area contributed by atoms with Crippen LogP contribution in [0.4, 0.5) is 0 Å². The van der Waals surface area contributed by atoms with E-state index in [4.69, 9.17) is 5.26 Å². The van der Waals surface area contributed by atoms with Crippen molar-refractivity contribution in [3.05, 3.63) is 51.5 Å². The zero-order valence-corrected chi connectivity index (χ0v) is 14.3. The number of nitrogens with one attached hydrogen (secondary N) is 1. The van der Waals surface area contributed by atoms with E-state index in [-0.39, 0.29) is 5.91 Å². The maximum atomic E-state index is 12.2. The van der Waals surface area contributed by atoms with E-state index in [1.165, 1.54) is 19.3 Å². The number of carbonyl (C=O) groups excluding carboxylic acids is 1. The Balaban J connectivity index is 1.53. The lowest BCUT2D eigenvalue weighted by Crippen LogP contribution is -2.29. The fraction of sp³-hybridized carbons (Fsp3) is 0.389. The lowest BCUT2D eigenvalue weighted by Gasteiger charge is -2.25. The number of nitrogens with zero attached hydrogens (tertiary/aromatic N) is 3. The summed E-state index contributed by atoms with van der Waals surface area (Å²) in [7, 11) is 0. The van der Waals surface area contributed by atoms with Crippen molar-refractivity contribution in [3.63, 3.8) is 0 Å². The topological polar surface area (TPSA) is 69.0 Å². The second-order valence-electron chi connectivity index (χ2n) is 5.94. The zero-order chi connectivity index (χ0) is 16.8. The van der Waals surface area contributed by atoms with Gasteiger partial charge in [-0.1, -0.05) is 12.5 Å². The summed E-state index contributed by atoms with van der Waals surface area (Å²) in [4.78, 5) is 19.2. The third-order valence-corrected chi connectivity index (χ3v) is 4.99. The normalized spacial score (nSPS) is 15.0. The van der Waals surface area contributed by atoms with Gasteiger partial charge in [0.25, 0.3) is 5.91 Å². The van der Waals surface area contributed by atoms with E-state index in [2.05, 4.69) is 20.6 Å². The Bertz CT molecular complexity index is 743. The molecule has 2 aromatic rings. The minimum atomic E-state index is -0.181. The summed E-state index contributed by atoms with van der Waals surface area (Å²) in [5.74, 6) is -0.181. The molecule has 1 saturated heterocycles. The fourth-order valence-electron chi connectivity index (χ4n) is 2.84. The van der Waals surface area contributed by atoms with Crippen molar-refractivity contribution in [2.24, 2.45) is 0 Å². The number of nitriles is 1. The van der Waals surface area contributed by atoms with Crippen molar-refractivity contribution in [1.82, 2.24) is 15.2 Å². The van der Waals surface area contributed by atoms with Crippen molar-refractivity contribution in [1.29, 1.82) is 5.26 Å².